The molecule has 0 saturated carbocycles. The Labute approximate surface area is 120 Å². The minimum atomic E-state index is -0.765. The maximum Gasteiger partial charge on any atom is 0.137 e. The fraction of sp³-hybridized carbons (Fsp3) is 0.200. The maximum atomic E-state index is 13.4. The highest BCUT2D eigenvalue weighted by molar-refractivity contribution is 9.10. The predicted molar refractivity (Wildman–Crippen MR) is 75.8 cm³/mol. The van der Waals surface area contributed by atoms with Crippen LogP contribution < -0.4 is 4.74 Å². The van der Waals surface area contributed by atoms with Gasteiger partial charge in [-0.1, -0.05) is 24.3 Å². The van der Waals surface area contributed by atoms with E-state index in [2.05, 4.69) is 15.9 Å². The number of halogens is 2. The summed E-state index contributed by atoms with van der Waals surface area (Å²) < 4.78 is 19.1. The van der Waals surface area contributed by atoms with Gasteiger partial charge in [-0.3, -0.25) is 0 Å². The van der Waals surface area contributed by atoms with E-state index in [0.29, 0.717) is 16.5 Å². The Kier molecular flexibility index (Phi) is 4.56. The highest BCUT2D eigenvalue weighted by Gasteiger charge is 2.13. The summed E-state index contributed by atoms with van der Waals surface area (Å²) in [5.41, 5.74) is 1.44. The second-order valence-electron chi connectivity index (χ2n) is 4.21. The quantitative estimate of drug-likeness (QED) is 0.925. The number of aliphatic hydroxyl groups is 1. The van der Waals surface area contributed by atoms with Gasteiger partial charge in [0.05, 0.1) is 17.7 Å². The van der Waals surface area contributed by atoms with Crippen molar-refractivity contribution < 1.29 is 14.2 Å². The van der Waals surface area contributed by atoms with E-state index in [-0.39, 0.29) is 5.82 Å². The minimum Gasteiger partial charge on any atom is -0.496 e. The first kappa shape index (κ1) is 14.0. The highest BCUT2D eigenvalue weighted by atomic mass is 79.9. The summed E-state index contributed by atoms with van der Waals surface area (Å²) in [5, 5.41) is 10.2. The molecule has 0 aliphatic carbocycles. The van der Waals surface area contributed by atoms with Crippen molar-refractivity contribution in [3.8, 4) is 5.75 Å². The number of methoxy groups -OCH3 is 1. The second kappa shape index (κ2) is 6.17. The molecule has 0 heterocycles. The van der Waals surface area contributed by atoms with Crippen molar-refractivity contribution in [2.24, 2.45) is 0 Å². The van der Waals surface area contributed by atoms with Crippen LogP contribution in [-0.2, 0) is 6.42 Å². The van der Waals surface area contributed by atoms with Crippen molar-refractivity contribution >= 4 is 15.9 Å². The molecule has 0 bridgehead atoms. The highest BCUT2D eigenvalue weighted by Crippen LogP contribution is 2.26. The number of hydrogen-bond acceptors (Lipinski definition) is 2. The smallest absolute Gasteiger partial charge is 0.137 e. The maximum absolute atomic E-state index is 13.4. The molecule has 2 aromatic rings. The summed E-state index contributed by atoms with van der Waals surface area (Å²) in [7, 11) is 1.59. The van der Waals surface area contributed by atoms with E-state index < -0.39 is 6.10 Å². The SMILES string of the molecule is COc1ccccc1CC(O)c1ccc(Br)c(F)c1. The lowest BCUT2D eigenvalue weighted by Gasteiger charge is -2.14. The Morgan fingerprint density at radius 3 is 2.68 bits per heavy atom. The lowest BCUT2D eigenvalue weighted by atomic mass is 10.0. The molecule has 2 aromatic carbocycles. The molecule has 1 N–H and O–H groups in total. The molecule has 0 aliphatic heterocycles. The van der Waals surface area contributed by atoms with Crippen LogP contribution in [0.3, 0.4) is 0 Å². The van der Waals surface area contributed by atoms with Gasteiger partial charge in [-0.25, -0.2) is 4.39 Å². The molecule has 0 radical (unpaired) electrons. The number of benzene rings is 2. The van der Waals surface area contributed by atoms with E-state index in [9.17, 15) is 9.50 Å². The molecule has 2 rings (SSSR count). The molecular formula is C15H14BrFO2. The largest absolute Gasteiger partial charge is 0.496 e. The molecule has 0 aromatic heterocycles. The van der Waals surface area contributed by atoms with Gasteiger partial charge in [0.1, 0.15) is 11.6 Å². The molecule has 19 heavy (non-hydrogen) atoms. The second-order valence-corrected chi connectivity index (χ2v) is 5.06. The van der Waals surface area contributed by atoms with Gasteiger partial charge >= 0.3 is 0 Å². The Morgan fingerprint density at radius 2 is 2.00 bits per heavy atom. The third-order valence-electron chi connectivity index (χ3n) is 2.93. The van der Waals surface area contributed by atoms with Crippen molar-refractivity contribution in [2.75, 3.05) is 7.11 Å². The monoisotopic (exact) mass is 324 g/mol. The first-order chi connectivity index (χ1) is 9.11. The topological polar surface area (TPSA) is 29.5 Å². The van der Waals surface area contributed by atoms with Crippen LogP contribution in [0, 0.1) is 5.82 Å². The predicted octanol–water partition coefficient (Wildman–Crippen LogP) is 3.87. The summed E-state index contributed by atoms with van der Waals surface area (Å²) in [5.74, 6) is 0.343. The van der Waals surface area contributed by atoms with Gasteiger partial charge in [0, 0.05) is 6.42 Å². The zero-order valence-corrected chi connectivity index (χ0v) is 12.0. The van der Waals surface area contributed by atoms with E-state index in [4.69, 9.17) is 4.74 Å². The number of aliphatic hydroxyl groups excluding tert-OH is 1. The Morgan fingerprint density at radius 1 is 1.26 bits per heavy atom. The van der Waals surface area contributed by atoms with Crippen LogP contribution in [0.4, 0.5) is 4.39 Å². The standard InChI is InChI=1S/C15H14BrFO2/c1-19-15-5-3-2-4-11(15)9-14(18)10-6-7-12(16)13(17)8-10/h2-8,14,18H,9H2,1H3. The number of para-hydroxylation sites is 1. The van der Waals surface area contributed by atoms with Gasteiger partial charge in [0.2, 0.25) is 0 Å². The van der Waals surface area contributed by atoms with Crippen molar-refractivity contribution in [1.29, 1.82) is 0 Å². The minimum absolute atomic E-state index is 0.378. The van der Waals surface area contributed by atoms with Crippen LogP contribution in [0.15, 0.2) is 46.9 Å². The molecular weight excluding hydrogens is 311 g/mol. The van der Waals surface area contributed by atoms with E-state index in [1.54, 1.807) is 19.2 Å². The fourth-order valence-electron chi connectivity index (χ4n) is 1.92. The van der Waals surface area contributed by atoms with E-state index >= 15 is 0 Å². The van der Waals surface area contributed by atoms with Gasteiger partial charge in [-0.15, -0.1) is 0 Å². The van der Waals surface area contributed by atoms with Crippen LogP contribution in [0.25, 0.3) is 0 Å². The molecule has 0 aliphatic rings. The first-order valence-corrected chi connectivity index (χ1v) is 6.66. The lowest BCUT2D eigenvalue weighted by molar-refractivity contribution is 0.176. The Balaban J connectivity index is 2.20. The fourth-order valence-corrected chi connectivity index (χ4v) is 2.16. The van der Waals surface area contributed by atoms with Crippen LogP contribution >= 0.6 is 15.9 Å². The van der Waals surface area contributed by atoms with Gasteiger partial charge < -0.3 is 9.84 Å². The van der Waals surface area contributed by atoms with E-state index in [0.717, 1.165) is 11.3 Å². The van der Waals surface area contributed by atoms with Gasteiger partial charge in [0.25, 0.3) is 0 Å². The molecule has 1 unspecified atom stereocenters. The lowest BCUT2D eigenvalue weighted by Crippen LogP contribution is -2.04. The van der Waals surface area contributed by atoms with Gasteiger partial charge in [0.15, 0.2) is 0 Å². The van der Waals surface area contributed by atoms with Crippen molar-refractivity contribution in [2.45, 2.75) is 12.5 Å². The summed E-state index contributed by atoms with van der Waals surface area (Å²) >= 11 is 3.09. The van der Waals surface area contributed by atoms with Crippen molar-refractivity contribution in [3.05, 3.63) is 63.9 Å². The summed E-state index contributed by atoms with van der Waals surface area (Å²) in [6, 6.07) is 12.1. The van der Waals surface area contributed by atoms with E-state index in [1.165, 1.54) is 6.07 Å². The average molecular weight is 325 g/mol. The van der Waals surface area contributed by atoms with Crippen LogP contribution in [-0.4, -0.2) is 12.2 Å². The molecule has 0 spiro atoms. The number of ether oxygens (including phenoxy) is 1. The normalized spacial score (nSPS) is 12.2. The summed E-state index contributed by atoms with van der Waals surface area (Å²) in [4.78, 5) is 0. The number of hydrogen-bond donors (Lipinski definition) is 1. The van der Waals surface area contributed by atoms with Crippen LogP contribution in [0.1, 0.15) is 17.2 Å². The molecule has 0 amide bonds. The molecule has 1 atom stereocenters. The average Bonchev–Trinajstić information content (AvgIpc) is 2.42. The molecule has 100 valence electrons. The van der Waals surface area contributed by atoms with Crippen LogP contribution in [0.5, 0.6) is 5.75 Å². The van der Waals surface area contributed by atoms with E-state index in [1.807, 2.05) is 24.3 Å². The zero-order valence-electron chi connectivity index (χ0n) is 10.4. The van der Waals surface area contributed by atoms with Crippen molar-refractivity contribution in [3.63, 3.8) is 0 Å². The summed E-state index contributed by atoms with van der Waals surface area (Å²) in [6.07, 6.45) is -0.385. The first-order valence-electron chi connectivity index (χ1n) is 5.86. The van der Waals surface area contributed by atoms with Crippen LogP contribution in [0.2, 0.25) is 0 Å². The Bertz CT molecular complexity index is 572. The van der Waals surface area contributed by atoms with Gasteiger partial charge in [-0.05, 0) is 45.3 Å². The van der Waals surface area contributed by atoms with Gasteiger partial charge in [-0.2, -0.15) is 0 Å². The molecule has 4 heteroatoms. The Hall–Kier alpha value is -1.39. The molecule has 2 nitrogen and oxygen atoms in total. The third-order valence-corrected chi connectivity index (χ3v) is 3.58. The zero-order chi connectivity index (χ0) is 13.8. The number of rotatable bonds is 4. The van der Waals surface area contributed by atoms with Crippen molar-refractivity contribution in [1.82, 2.24) is 0 Å². The third kappa shape index (κ3) is 3.33. The summed E-state index contributed by atoms with van der Waals surface area (Å²) in [6.45, 7) is 0. The molecule has 0 saturated heterocycles. The molecule has 0 fully saturated rings.